The molecule has 20 heavy (non-hydrogen) atoms. The number of sulfonamides is 1. The highest BCUT2D eigenvalue weighted by Gasteiger charge is 2.32. The summed E-state index contributed by atoms with van der Waals surface area (Å²) in [6.07, 6.45) is 3.70. The SMILES string of the molecule is CCC1CCCCN1S(=O)(=O)c1ccc(C(N)=O)cc1. The molecule has 2 rings (SSSR count). The summed E-state index contributed by atoms with van der Waals surface area (Å²) in [5.41, 5.74) is 5.47. The molecule has 0 aromatic heterocycles. The molecule has 0 radical (unpaired) electrons. The van der Waals surface area contributed by atoms with Gasteiger partial charge in [-0.15, -0.1) is 0 Å². The third-order valence-corrected chi connectivity index (χ3v) is 5.76. The van der Waals surface area contributed by atoms with Gasteiger partial charge < -0.3 is 5.73 Å². The molecule has 0 saturated carbocycles. The van der Waals surface area contributed by atoms with Crippen molar-refractivity contribution >= 4 is 15.9 Å². The van der Waals surface area contributed by atoms with Gasteiger partial charge in [0.1, 0.15) is 0 Å². The summed E-state index contributed by atoms with van der Waals surface area (Å²) >= 11 is 0. The van der Waals surface area contributed by atoms with E-state index < -0.39 is 15.9 Å². The lowest BCUT2D eigenvalue weighted by molar-refractivity contribution is 0.1000. The van der Waals surface area contributed by atoms with Crippen LogP contribution in [0, 0.1) is 0 Å². The van der Waals surface area contributed by atoms with Crippen molar-refractivity contribution in [2.75, 3.05) is 6.54 Å². The van der Waals surface area contributed by atoms with Crippen LogP contribution in [0.25, 0.3) is 0 Å². The number of nitrogens with two attached hydrogens (primary N) is 1. The number of carbonyl (C=O) groups is 1. The molecule has 1 aliphatic heterocycles. The fourth-order valence-corrected chi connectivity index (χ4v) is 4.39. The van der Waals surface area contributed by atoms with E-state index in [1.54, 1.807) is 4.31 Å². The van der Waals surface area contributed by atoms with Gasteiger partial charge in [0.25, 0.3) is 0 Å². The highest BCUT2D eigenvalue weighted by molar-refractivity contribution is 7.89. The second-order valence-electron chi connectivity index (χ2n) is 5.06. The summed E-state index contributed by atoms with van der Waals surface area (Å²) in [5.74, 6) is -0.557. The van der Waals surface area contributed by atoms with Crippen LogP contribution in [0.2, 0.25) is 0 Å². The summed E-state index contributed by atoms with van der Waals surface area (Å²) in [5, 5.41) is 0. The Labute approximate surface area is 119 Å². The second-order valence-corrected chi connectivity index (χ2v) is 6.95. The Morgan fingerprint density at radius 3 is 2.50 bits per heavy atom. The molecule has 0 aliphatic carbocycles. The van der Waals surface area contributed by atoms with E-state index >= 15 is 0 Å². The van der Waals surface area contributed by atoms with E-state index in [1.165, 1.54) is 24.3 Å². The maximum absolute atomic E-state index is 12.6. The van der Waals surface area contributed by atoms with Crippen molar-refractivity contribution in [3.8, 4) is 0 Å². The Hall–Kier alpha value is -1.40. The number of hydrogen-bond acceptors (Lipinski definition) is 3. The topological polar surface area (TPSA) is 80.5 Å². The number of nitrogens with zero attached hydrogens (tertiary/aromatic N) is 1. The second kappa shape index (κ2) is 5.93. The van der Waals surface area contributed by atoms with Gasteiger partial charge in [-0.3, -0.25) is 4.79 Å². The van der Waals surface area contributed by atoms with Crippen molar-refractivity contribution in [2.24, 2.45) is 5.73 Å². The van der Waals surface area contributed by atoms with Crippen molar-refractivity contribution in [3.05, 3.63) is 29.8 Å². The molecule has 1 atom stereocenters. The normalized spacial score (nSPS) is 20.8. The predicted octanol–water partition coefficient (Wildman–Crippen LogP) is 1.74. The first-order valence-corrected chi connectivity index (χ1v) is 8.32. The molecule has 1 aromatic carbocycles. The number of carbonyl (C=O) groups excluding carboxylic acids is 1. The molecule has 0 bridgehead atoms. The minimum absolute atomic E-state index is 0.0737. The molecule has 1 fully saturated rings. The molecule has 1 heterocycles. The van der Waals surface area contributed by atoms with Gasteiger partial charge in [-0.1, -0.05) is 13.3 Å². The van der Waals surface area contributed by atoms with Gasteiger partial charge in [-0.05, 0) is 43.5 Å². The van der Waals surface area contributed by atoms with Crippen molar-refractivity contribution in [1.82, 2.24) is 4.31 Å². The molecule has 6 heteroatoms. The van der Waals surface area contributed by atoms with Crippen LogP contribution in [0.3, 0.4) is 0 Å². The molecule has 1 unspecified atom stereocenters. The lowest BCUT2D eigenvalue weighted by Crippen LogP contribution is -2.43. The third kappa shape index (κ3) is 2.86. The molecule has 1 saturated heterocycles. The van der Waals surface area contributed by atoms with Crippen molar-refractivity contribution in [1.29, 1.82) is 0 Å². The smallest absolute Gasteiger partial charge is 0.248 e. The lowest BCUT2D eigenvalue weighted by Gasteiger charge is -2.34. The van der Waals surface area contributed by atoms with E-state index in [4.69, 9.17) is 5.73 Å². The number of primary amides is 1. The third-order valence-electron chi connectivity index (χ3n) is 3.79. The van der Waals surface area contributed by atoms with Crippen LogP contribution in [-0.4, -0.2) is 31.2 Å². The lowest BCUT2D eigenvalue weighted by atomic mass is 10.0. The molecule has 1 amide bonds. The number of piperidine rings is 1. The van der Waals surface area contributed by atoms with Gasteiger partial charge in [-0.25, -0.2) is 8.42 Å². The fourth-order valence-electron chi connectivity index (χ4n) is 2.62. The van der Waals surface area contributed by atoms with E-state index in [0.717, 1.165) is 25.7 Å². The van der Waals surface area contributed by atoms with Gasteiger partial charge in [-0.2, -0.15) is 4.31 Å². The van der Waals surface area contributed by atoms with Crippen LogP contribution in [0.5, 0.6) is 0 Å². The van der Waals surface area contributed by atoms with Crippen LogP contribution in [0.4, 0.5) is 0 Å². The largest absolute Gasteiger partial charge is 0.366 e. The first-order chi connectivity index (χ1) is 9.46. The Morgan fingerprint density at radius 2 is 1.95 bits per heavy atom. The average Bonchev–Trinajstić information content (AvgIpc) is 2.47. The molecule has 1 aromatic rings. The summed E-state index contributed by atoms with van der Waals surface area (Å²) in [7, 11) is -3.48. The summed E-state index contributed by atoms with van der Waals surface area (Å²) < 4.78 is 26.9. The van der Waals surface area contributed by atoms with Gasteiger partial charge >= 0.3 is 0 Å². The average molecular weight is 296 g/mol. The minimum atomic E-state index is -3.48. The zero-order valence-corrected chi connectivity index (χ0v) is 12.4. The van der Waals surface area contributed by atoms with E-state index in [2.05, 4.69) is 0 Å². The number of benzene rings is 1. The highest BCUT2D eigenvalue weighted by atomic mass is 32.2. The van der Waals surface area contributed by atoms with Crippen LogP contribution in [0.15, 0.2) is 29.2 Å². The Bertz CT molecular complexity index is 581. The monoisotopic (exact) mass is 296 g/mol. The highest BCUT2D eigenvalue weighted by Crippen LogP contribution is 2.26. The van der Waals surface area contributed by atoms with Crippen molar-refractivity contribution < 1.29 is 13.2 Å². The molecule has 2 N–H and O–H groups in total. The zero-order valence-electron chi connectivity index (χ0n) is 11.6. The molecule has 5 nitrogen and oxygen atoms in total. The molecule has 1 aliphatic rings. The standard InChI is InChI=1S/C14H20N2O3S/c1-2-12-5-3-4-10-16(12)20(18,19)13-8-6-11(7-9-13)14(15)17/h6-9,12H,2-5,10H2,1H3,(H2,15,17). The Kier molecular flexibility index (Phi) is 4.45. The summed E-state index contributed by atoms with van der Waals surface area (Å²) in [6.45, 7) is 2.58. The van der Waals surface area contributed by atoms with Crippen LogP contribution in [-0.2, 0) is 10.0 Å². The molecular weight excluding hydrogens is 276 g/mol. The van der Waals surface area contributed by atoms with E-state index in [1.807, 2.05) is 6.92 Å². The molecular formula is C14H20N2O3S. The molecule has 0 spiro atoms. The van der Waals surface area contributed by atoms with E-state index in [-0.39, 0.29) is 10.9 Å². The van der Waals surface area contributed by atoms with Gasteiger partial charge in [0.15, 0.2) is 0 Å². The molecule has 110 valence electrons. The number of hydrogen-bond donors (Lipinski definition) is 1. The summed E-state index contributed by atoms with van der Waals surface area (Å²) in [4.78, 5) is 11.2. The summed E-state index contributed by atoms with van der Waals surface area (Å²) in [6, 6.07) is 5.90. The zero-order chi connectivity index (χ0) is 14.8. The van der Waals surface area contributed by atoms with Gasteiger partial charge in [0.05, 0.1) is 4.90 Å². The van der Waals surface area contributed by atoms with Gasteiger partial charge in [0.2, 0.25) is 15.9 Å². The maximum atomic E-state index is 12.6. The van der Waals surface area contributed by atoms with Gasteiger partial charge in [0, 0.05) is 18.2 Å². The fraction of sp³-hybridized carbons (Fsp3) is 0.500. The number of rotatable bonds is 4. The van der Waals surface area contributed by atoms with Crippen LogP contribution >= 0.6 is 0 Å². The predicted molar refractivity (Wildman–Crippen MR) is 76.8 cm³/mol. The maximum Gasteiger partial charge on any atom is 0.248 e. The first kappa shape index (κ1) is 15.0. The Balaban J connectivity index is 2.31. The van der Waals surface area contributed by atoms with Crippen molar-refractivity contribution in [2.45, 2.75) is 43.5 Å². The van der Waals surface area contributed by atoms with Crippen LogP contribution < -0.4 is 5.73 Å². The first-order valence-electron chi connectivity index (χ1n) is 6.88. The van der Waals surface area contributed by atoms with E-state index in [0.29, 0.717) is 12.1 Å². The quantitative estimate of drug-likeness (QED) is 0.919. The minimum Gasteiger partial charge on any atom is -0.366 e. The van der Waals surface area contributed by atoms with Crippen LogP contribution in [0.1, 0.15) is 43.0 Å². The van der Waals surface area contributed by atoms with E-state index in [9.17, 15) is 13.2 Å². The van der Waals surface area contributed by atoms with Crippen molar-refractivity contribution in [3.63, 3.8) is 0 Å². The Morgan fingerprint density at radius 1 is 1.30 bits per heavy atom. The number of amides is 1.